The van der Waals surface area contributed by atoms with Crippen LogP contribution in [0.15, 0.2) is 59.5 Å². The number of hydrogen-bond donors (Lipinski definition) is 3. The summed E-state index contributed by atoms with van der Waals surface area (Å²) in [4.78, 5) is 12.1. The summed E-state index contributed by atoms with van der Waals surface area (Å²) >= 11 is 0. The molecule has 3 rings (SSSR count). The SMILES string of the molecule is COc1ccc(-c2cc(C(=O)NCc3ccccc3)[nH]n2)cc1S(N)(=O)=O. The molecular weight excluding hydrogens is 368 g/mol. The maximum atomic E-state index is 12.3. The first-order valence-corrected chi connectivity index (χ1v) is 9.52. The molecule has 0 bridgehead atoms. The van der Waals surface area contributed by atoms with E-state index in [9.17, 15) is 13.2 Å². The van der Waals surface area contributed by atoms with E-state index in [0.29, 0.717) is 17.8 Å². The Hall–Kier alpha value is -3.17. The fourth-order valence-electron chi connectivity index (χ4n) is 2.52. The number of hydrogen-bond acceptors (Lipinski definition) is 5. The number of carbonyl (C=O) groups excluding carboxylic acids is 1. The van der Waals surface area contributed by atoms with Crippen LogP contribution in [0.4, 0.5) is 0 Å². The highest BCUT2D eigenvalue weighted by Crippen LogP contribution is 2.28. The summed E-state index contributed by atoms with van der Waals surface area (Å²) in [5.41, 5.74) is 2.12. The lowest BCUT2D eigenvalue weighted by Crippen LogP contribution is -2.23. The van der Waals surface area contributed by atoms with Crippen molar-refractivity contribution in [3.8, 4) is 17.0 Å². The number of amides is 1. The number of H-pyrrole nitrogens is 1. The van der Waals surface area contributed by atoms with Crippen molar-refractivity contribution in [2.75, 3.05) is 7.11 Å². The molecule has 0 atom stereocenters. The molecular formula is C18H18N4O4S. The number of rotatable bonds is 6. The van der Waals surface area contributed by atoms with Gasteiger partial charge in [-0.05, 0) is 29.8 Å². The van der Waals surface area contributed by atoms with E-state index < -0.39 is 10.0 Å². The van der Waals surface area contributed by atoms with E-state index in [1.54, 1.807) is 6.07 Å². The third-order valence-electron chi connectivity index (χ3n) is 3.88. The molecule has 0 fully saturated rings. The molecule has 0 spiro atoms. The minimum Gasteiger partial charge on any atom is -0.495 e. The molecule has 3 aromatic rings. The van der Waals surface area contributed by atoms with Crippen molar-refractivity contribution in [1.82, 2.24) is 15.5 Å². The van der Waals surface area contributed by atoms with E-state index in [4.69, 9.17) is 9.88 Å². The van der Waals surface area contributed by atoms with E-state index in [1.165, 1.54) is 25.3 Å². The van der Waals surface area contributed by atoms with Crippen LogP contribution < -0.4 is 15.2 Å². The van der Waals surface area contributed by atoms with E-state index in [1.807, 2.05) is 30.3 Å². The fourth-order valence-corrected chi connectivity index (χ4v) is 3.24. The summed E-state index contributed by atoms with van der Waals surface area (Å²) in [5.74, 6) is -0.185. The Morgan fingerprint density at radius 2 is 1.93 bits per heavy atom. The van der Waals surface area contributed by atoms with Crippen LogP contribution in [0.1, 0.15) is 16.1 Å². The molecule has 4 N–H and O–H groups in total. The lowest BCUT2D eigenvalue weighted by atomic mass is 10.1. The fraction of sp³-hybridized carbons (Fsp3) is 0.111. The van der Waals surface area contributed by atoms with Crippen LogP contribution in [-0.2, 0) is 16.6 Å². The Labute approximate surface area is 156 Å². The minimum absolute atomic E-state index is 0.137. The Balaban J connectivity index is 1.80. The summed E-state index contributed by atoms with van der Waals surface area (Å²) in [5, 5.41) is 14.7. The normalized spacial score (nSPS) is 11.2. The van der Waals surface area contributed by atoms with Crippen LogP contribution in [0, 0.1) is 0 Å². The number of aromatic amines is 1. The Bertz CT molecular complexity index is 1060. The highest BCUT2D eigenvalue weighted by molar-refractivity contribution is 7.89. The van der Waals surface area contributed by atoms with Crippen molar-refractivity contribution >= 4 is 15.9 Å². The number of primary sulfonamides is 1. The van der Waals surface area contributed by atoms with Gasteiger partial charge in [0.15, 0.2) is 0 Å². The maximum absolute atomic E-state index is 12.3. The zero-order valence-corrected chi connectivity index (χ0v) is 15.3. The molecule has 9 heteroatoms. The van der Waals surface area contributed by atoms with Gasteiger partial charge >= 0.3 is 0 Å². The predicted octanol–water partition coefficient (Wildman–Crippen LogP) is 1.66. The molecule has 1 aromatic heterocycles. The Morgan fingerprint density at radius 3 is 2.59 bits per heavy atom. The number of nitrogens with zero attached hydrogens (tertiary/aromatic N) is 1. The van der Waals surface area contributed by atoms with Crippen molar-refractivity contribution in [2.24, 2.45) is 5.14 Å². The van der Waals surface area contributed by atoms with Gasteiger partial charge in [0.25, 0.3) is 5.91 Å². The minimum atomic E-state index is -3.97. The number of sulfonamides is 1. The molecule has 0 saturated heterocycles. The molecule has 1 amide bonds. The molecule has 27 heavy (non-hydrogen) atoms. The van der Waals surface area contributed by atoms with E-state index in [0.717, 1.165) is 5.56 Å². The van der Waals surface area contributed by atoms with Crippen LogP contribution in [0.3, 0.4) is 0 Å². The first kappa shape index (κ1) is 18.6. The standard InChI is InChI=1S/C18H18N4O4S/c1-26-16-8-7-13(9-17(16)27(19,24)25)14-10-15(22-21-14)18(23)20-11-12-5-3-2-4-6-12/h2-10H,11H2,1H3,(H,20,23)(H,21,22)(H2,19,24,25). The average Bonchev–Trinajstić information content (AvgIpc) is 3.16. The predicted molar refractivity (Wildman–Crippen MR) is 99.6 cm³/mol. The molecule has 0 radical (unpaired) electrons. The third-order valence-corrected chi connectivity index (χ3v) is 4.82. The first-order chi connectivity index (χ1) is 12.9. The molecule has 0 aliphatic heterocycles. The largest absolute Gasteiger partial charge is 0.495 e. The van der Waals surface area contributed by atoms with Gasteiger partial charge in [-0.2, -0.15) is 5.10 Å². The zero-order valence-electron chi connectivity index (χ0n) is 14.5. The van der Waals surface area contributed by atoms with Crippen LogP contribution in [0.25, 0.3) is 11.3 Å². The quantitative estimate of drug-likeness (QED) is 0.594. The van der Waals surface area contributed by atoms with Crippen LogP contribution in [0.2, 0.25) is 0 Å². The average molecular weight is 386 g/mol. The summed E-state index contributed by atoms with van der Waals surface area (Å²) in [6.45, 7) is 0.381. The second kappa shape index (κ2) is 7.60. The summed E-state index contributed by atoms with van der Waals surface area (Å²) < 4.78 is 28.5. The lowest BCUT2D eigenvalue weighted by molar-refractivity contribution is 0.0946. The second-order valence-electron chi connectivity index (χ2n) is 5.75. The number of aromatic nitrogens is 2. The number of nitrogens with two attached hydrogens (primary N) is 1. The van der Waals surface area contributed by atoms with E-state index in [-0.39, 0.29) is 22.2 Å². The molecule has 0 aliphatic carbocycles. The first-order valence-electron chi connectivity index (χ1n) is 7.97. The van der Waals surface area contributed by atoms with Crippen molar-refractivity contribution in [2.45, 2.75) is 11.4 Å². The molecule has 0 aliphatic rings. The van der Waals surface area contributed by atoms with Gasteiger partial charge in [-0.1, -0.05) is 30.3 Å². The van der Waals surface area contributed by atoms with Gasteiger partial charge in [-0.15, -0.1) is 0 Å². The molecule has 2 aromatic carbocycles. The second-order valence-corrected chi connectivity index (χ2v) is 7.28. The number of methoxy groups -OCH3 is 1. The topological polar surface area (TPSA) is 127 Å². The van der Waals surface area contributed by atoms with Gasteiger partial charge in [0, 0.05) is 12.1 Å². The number of carbonyl (C=O) groups is 1. The van der Waals surface area contributed by atoms with Gasteiger partial charge in [-0.3, -0.25) is 9.89 Å². The van der Waals surface area contributed by atoms with Crippen molar-refractivity contribution in [3.05, 3.63) is 65.9 Å². The monoisotopic (exact) mass is 386 g/mol. The van der Waals surface area contributed by atoms with E-state index in [2.05, 4.69) is 15.5 Å². The Kier molecular flexibility index (Phi) is 5.24. The molecule has 140 valence electrons. The Morgan fingerprint density at radius 1 is 1.19 bits per heavy atom. The lowest BCUT2D eigenvalue weighted by Gasteiger charge is -2.07. The van der Waals surface area contributed by atoms with Crippen LogP contribution in [0.5, 0.6) is 5.75 Å². The smallest absolute Gasteiger partial charge is 0.269 e. The highest BCUT2D eigenvalue weighted by Gasteiger charge is 2.18. The van der Waals surface area contributed by atoms with Crippen LogP contribution >= 0.6 is 0 Å². The summed E-state index contributed by atoms with van der Waals surface area (Å²) in [6, 6.07) is 15.5. The third kappa shape index (κ3) is 4.33. The van der Waals surface area contributed by atoms with Gasteiger partial charge in [0.05, 0.1) is 12.8 Å². The number of ether oxygens (including phenoxy) is 1. The van der Waals surface area contributed by atoms with Gasteiger partial charge in [-0.25, -0.2) is 13.6 Å². The van der Waals surface area contributed by atoms with E-state index >= 15 is 0 Å². The van der Waals surface area contributed by atoms with Gasteiger partial charge in [0.1, 0.15) is 16.3 Å². The summed E-state index contributed by atoms with van der Waals surface area (Å²) in [6.07, 6.45) is 0. The molecule has 1 heterocycles. The van der Waals surface area contributed by atoms with Crippen molar-refractivity contribution in [1.29, 1.82) is 0 Å². The van der Waals surface area contributed by atoms with Crippen molar-refractivity contribution in [3.63, 3.8) is 0 Å². The molecule has 0 unspecified atom stereocenters. The molecule has 0 saturated carbocycles. The zero-order chi connectivity index (χ0) is 19.4. The van der Waals surface area contributed by atoms with Crippen molar-refractivity contribution < 1.29 is 17.9 Å². The summed E-state index contributed by atoms with van der Waals surface area (Å²) in [7, 11) is -2.61. The highest BCUT2D eigenvalue weighted by atomic mass is 32.2. The number of benzene rings is 2. The number of nitrogens with one attached hydrogen (secondary N) is 2. The molecule has 8 nitrogen and oxygen atoms in total. The maximum Gasteiger partial charge on any atom is 0.269 e. The van der Waals surface area contributed by atoms with Gasteiger partial charge in [0.2, 0.25) is 10.0 Å². The van der Waals surface area contributed by atoms with Crippen LogP contribution in [-0.4, -0.2) is 31.6 Å². The van der Waals surface area contributed by atoms with Gasteiger partial charge < -0.3 is 10.1 Å².